The fourth-order valence-electron chi connectivity index (χ4n) is 4.01. The lowest BCUT2D eigenvalue weighted by atomic mass is 10.0. The molecule has 39 heavy (non-hydrogen) atoms. The van der Waals surface area contributed by atoms with Crippen LogP contribution in [0.2, 0.25) is 0 Å². The number of nitrogens with one attached hydrogen (secondary N) is 4. The molecule has 208 valence electrons. The van der Waals surface area contributed by atoms with E-state index in [9.17, 15) is 29.4 Å². The van der Waals surface area contributed by atoms with Crippen LogP contribution in [0.1, 0.15) is 18.1 Å². The molecule has 0 spiro atoms. The van der Waals surface area contributed by atoms with E-state index in [1.807, 2.05) is 30.3 Å². The minimum Gasteiger partial charge on any atom is -0.480 e. The molecule has 0 aliphatic rings. The molecule has 5 atom stereocenters. The van der Waals surface area contributed by atoms with Gasteiger partial charge in [-0.25, -0.2) is 4.79 Å². The number of amides is 3. The summed E-state index contributed by atoms with van der Waals surface area (Å²) in [4.78, 5) is 54.0. The van der Waals surface area contributed by atoms with Crippen molar-refractivity contribution in [3.8, 4) is 0 Å². The normalized spacial score (nSPS) is 15.0. The maximum Gasteiger partial charge on any atom is 0.327 e. The lowest BCUT2D eigenvalue weighted by Crippen LogP contribution is -2.59. The number of aromatic amines is 1. The number of aliphatic hydroxyl groups is 1. The number of thiol groups is 1. The van der Waals surface area contributed by atoms with Gasteiger partial charge < -0.3 is 36.9 Å². The average molecular weight is 556 g/mol. The van der Waals surface area contributed by atoms with Gasteiger partial charge in [-0.3, -0.25) is 14.4 Å². The van der Waals surface area contributed by atoms with Gasteiger partial charge in [-0.2, -0.15) is 12.6 Å². The van der Waals surface area contributed by atoms with Crippen LogP contribution in [-0.2, 0) is 32.0 Å². The summed E-state index contributed by atoms with van der Waals surface area (Å²) in [6.07, 6.45) is 0.690. The van der Waals surface area contributed by atoms with E-state index in [4.69, 9.17) is 5.73 Å². The van der Waals surface area contributed by atoms with Crippen LogP contribution < -0.4 is 21.7 Å². The maximum absolute atomic E-state index is 13.5. The van der Waals surface area contributed by atoms with E-state index in [0.29, 0.717) is 0 Å². The van der Waals surface area contributed by atoms with E-state index in [-0.39, 0.29) is 18.6 Å². The standard InChI is InChI=1S/C27H33N5O6S/c1-15(33)23(28)26(36)31-20(11-16-7-3-2-4-8-16)24(34)30-21(25(35)32-22(14-39)27(37)38)12-17-13-29-19-10-6-5-9-18(17)19/h2-10,13,15,20-23,29,33,39H,11-12,14,28H2,1H3,(H,30,34)(H,31,36)(H,32,35)(H,37,38). The van der Waals surface area contributed by atoms with E-state index >= 15 is 0 Å². The van der Waals surface area contributed by atoms with Crippen LogP contribution in [0, 0.1) is 0 Å². The van der Waals surface area contributed by atoms with Crippen LogP contribution in [0.15, 0.2) is 60.8 Å². The van der Waals surface area contributed by atoms with E-state index in [1.165, 1.54) is 6.92 Å². The number of para-hydroxylation sites is 1. The van der Waals surface area contributed by atoms with E-state index in [1.54, 1.807) is 30.5 Å². The van der Waals surface area contributed by atoms with Crippen molar-refractivity contribution in [1.29, 1.82) is 0 Å². The second kappa shape index (κ2) is 13.8. The number of hydrogen-bond donors (Lipinski definition) is 8. The van der Waals surface area contributed by atoms with Gasteiger partial charge >= 0.3 is 5.97 Å². The summed E-state index contributed by atoms with van der Waals surface area (Å²) in [5.74, 6) is -3.56. The highest BCUT2D eigenvalue weighted by atomic mass is 32.1. The summed E-state index contributed by atoms with van der Waals surface area (Å²) in [5.41, 5.74) is 8.06. The molecule has 3 amide bonds. The Morgan fingerprint density at radius 2 is 1.44 bits per heavy atom. The number of rotatable bonds is 13. The molecule has 0 bridgehead atoms. The molecular weight excluding hydrogens is 522 g/mol. The van der Waals surface area contributed by atoms with Gasteiger partial charge in [0.1, 0.15) is 24.2 Å². The van der Waals surface area contributed by atoms with Crippen LogP contribution in [0.25, 0.3) is 10.9 Å². The first-order valence-electron chi connectivity index (χ1n) is 12.4. The predicted octanol–water partition coefficient (Wildman–Crippen LogP) is 0.130. The second-order valence-corrected chi connectivity index (χ2v) is 9.59. The average Bonchev–Trinajstić information content (AvgIpc) is 3.33. The molecule has 0 fully saturated rings. The molecule has 8 N–H and O–H groups in total. The third-order valence-electron chi connectivity index (χ3n) is 6.27. The molecule has 1 heterocycles. The summed E-state index contributed by atoms with van der Waals surface area (Å²) in [6.45, 7) is 1.36. The van der Waals surface area contributed by atoms with Gasteiger partial charge in [-0.05, 0) is 24.1 Å². The van der Waals surface area contributed by atoms with Gasteiger partial charge in [0, 0.05) is 35.7 Å². The second-order valence-electron chi connectivity index (χ2n) is 9.22. The third-order valence-corrected chi connectivity index (χ3v) is 6.63. The topological polar surface area (TPSA) is 187 Å². The van der Waals surface area contributed by atoms with Crippen molar-refractivity contribution >= 4 is 47.2 Å². The Morgan fingerprint density at radius 3 is 2.05 bits per heavy atom. The fraction of sp³-hybridized carbons (Fsp3) is 0.333. The quantitative estimate of drug-likeness (QED) is 0.138. The Balaban J connectivity index is 1.89. The number of H-pyrrole nitrogens is 1. The number of nitrogens with two attached hydrogens (primary N) is 1. The molecule has 12 heteroatoms. The smallest absolute Gasteiger partial charge is 0.327 e. The first kappa shape index (κ1) is 29.7. The van der Waals surface area contributed by atoms with E-state index in [0.717, 1.165) is 22.0 Å². The first-order chi connectivity index (χ1) is 18.6. The number of hydrogen-bond acceptors (Lipinski definition) is 7. The fourth-order valence-corrected chi connectivity index (χ4v) is 4.25. The Hall–Kier alpha value is -3.87. The van der Waals surface area contributed by atoms with Crippen LogP contribution in [-0.4, -0.2) is 74.9 Å². The summed E-state index contributed by atoms with van der Waals surface area (Å²) in [6, 6.07) is 11.5. The molecule has 0 aliphatic heterocycles. The van der Waals surface area contributed by atoms with Crippen molar-refractivity contribution in [1.82, 2.24) is 20.9 Å². The molecular formula is C27H33N5O6S. The summed E-state index contributed by atoms with van der Waals surface area (Å²) in [7, 11) is 0. The number of carbonyl (C=O) groups excluding carboxylic acids is 3. The number of aliphatic carboxylic acids is 1. The number of benzene rings is 2. The minimum atomic E-state index is -1.27. The Bertz CT molecular complexity index is 1300. The minimum absolute atomic E-state index is 0.0414. The first-order valence-corrected chi connectivity index (χ1v) is 13.0. The van der Waals surface area contributed by atoms with Crippen LogP contribution >= 0.6 is 12.6 Å². The lowest BCUT2D eigenvalue weighted by molar-refractivity contribution is -0.141. The van der Waals surface area contributed by atoms with Crippen LogP contribution in [0.4, 0.5) is 0 Å². The molecule has 11 nitrogen and oxygen atoms in total. The van der Waals surface area contributed by atoms with Gasteiger partial charge in [0.2, 0.25) is 17.7 Å². The zero-order chi connectivity index (χ0) is 28.5. The lowest BCUT2D eigenvalue weighted by Gasteiger charge is -2.25. The highest BCUT2D eigenvalue weighted by molar-refractivity contribution is 7.80. The molecule has 3 aromatic rings. The highest BCUT2D eigenvalue weighted by Crippen LogP contribution is 2.19. The van der Waals surface area contributed by atoms with E-state index < -0.39 is 54.0 Å². The number of fused-ring (bicyclic) bond motifs is 1. The highest BCUT2D eigenvalue weighted by Gasteiger charge is 2.31. The molecule has 5 unspecified atom stereocenters. The van der Waals surface area contributed by atoms with Gasteiger partial charge in [0.05, 0.1) is 6.10 Å². The van der Waals surface area contributed by atoms with Crippen molar-refractivity contribution in [2.45, 2.75) is 50.0 Å². The van der Waals surface area contributed by atoms with Crippen molar-refractivity contribution in [2.75, 3.05) is 5.75 Å². The Morgan fingerprint density at radius 1 is 0.872 bits per heavy atom. The number of carboxylic acid groups (broad SMARTS) is 1. The Kier molecular flexibility index (Phi) is 10.5. The summed E-state index contributed by atoms with van der Waals surface area (Å²) < 4.78 is 0. The van der Waals surface area contributed by atoms with Crippen LogP contribution in [0.5, 0.6) is 0 Å². The number of aliphatic hydroxyl groups excluding tert-OH is 1. The molecule has 0 aliphatic carbocycles. The number of carboxylic acids is 1. The Labute approximate surface area is 231 Å². The summed E-state index contributed by atoms with van der Waals surface area (Å²) in [5, 5.41) is 27.6. The number of carbonyl (C=O) groups is 4. The maximum atomic E-state index is 13.5. The largest absolute Gasteiger partial charge is 0.480 e. The number of aromatic nitrogens is 1. The molecule has 3 rings (SSSR count). The predicted molar refractivity (Wildman–Crippen MR) is 149 cm³/mol. The molecule has 0 saturated carbocycles. The monoisotopic (exact) mass is 555 g/mol. The van der Waals surface area contributed by atoms with Crippen molar-refractivity contribution in [2.24, 2.45) is 5.73 Å². The molecule has 0 radical (unpaired) electrons. The molecule has 1 aromatic heterocycles. The zero-order valence-electron chi connectivity index (χ0n) is 21.3. The van der Waals surface area contributed by atoms with E-state index in [2.05, 4.69) is 33.6 Å². The SMILES string of the molecule is CC(O)C(N)C(=O)NC(Cc1ccccc1)C(=O)NC(Cc1c[nH]c2ccccc12)C(=O)NC(CS)C(=O)O. The summed E-state index contributed by atoms with van der Waals surface area (Å²) >= 11 is 4.00. The van der Waals surface area contributed by atoms with Crippen molar-refractivity contribution in [3.63, 3.8) is 0 Å². The molecule has 0 saturated heterocycles. The van der Waals surface area contributed by atoms with Crippen molar-refractivity contribution < 1.29 is 29.4 Å². The van der Waals surface area contributed by atoms with Gasteiger partial charge in [0.15, 0.2) is 0 Å². The van der Waals surface area contributed by atoms with Crippen LogP contribution in [0.3, 0.4) is 0 Å². The van der Waals surface area contributed by atoms with Gasteiger partial charge in [-0.1, -0.05) is 48.5 Å². The van der Waals surface area contributed by atoms with Crippen molar-refractivity contribution in [3.05, 3.63) is 71.9 Å². The zero-order valence-corrected chi connectivity index (χ0v) is 22.2. The molecule has 2 aromatic carbocycles. The van der Waals surface area contributed by atoms with Gasteiger partial charge in [-0.15, -0.1) is 0 Å². The third kappa shape index (κ3) is 8.06. The van der Waals surface area contributed by atoms with Gasteiger partial charge in [0.25, 0.3) is 0 Å².